The molecule has 2 amide bonds. The van der Waals surface area contributed by atoms with Gasteiger partial charge >= 0.3 is 0 Å². The Morgan fingerprint density at radius 1 is 0.968 bits per heavy atom. The molecule has 2 N–H and O–H groups in total. The van der Waals surface area contributed by atoms with Crippen LogP contribution in [-0.4, -0.2) is 29.4 Å². The minimum Gasteiger partial charge on any atom is -0.482 e. The second kappa shape index (κ2) is 9.23. The van der Waals surface area contributed by atoms with Crippen LogP contribution in [0.3, 0.4) is 0 Å². The molecule has 0 aromatic heterocycles. The minimum absolute atomic E-state index is 0.0831. The number of benzene rings is 3. The summed E-state index contributed by atoms with van der Waals surface area (Å²) in [5.41, 5.74) is 8.73. The molecule has 1 aliphatic carbocycles. The molecule has 158 valence electrons. The van der Waals surface area contributed by atoms with Crippen molar-refractivity contribution < 1.29 is 14.3 Å². The van der Waals surface area contributed by atoms with Gasteiger partial charge < -0.3 is 15.4 Å². The average Bonchev–Trinajstić information content (AvgIpc) is 3.62. The number of nitrogens with two attached hydrogens (primary N) is 1. The van der Waals surface area contributed by atoms with Crippen LogP contribution in [0.1, 0.15) is 28.8 Å². The standard InChI is InChI=1S/C25H23ClN2O3/c26-22-14-20(18-4-2-1-3-5-18)10-13-23(22)31-16-24(29)28(21-11-12-21)15-17-6-8-19(9-7-17)25(27)30/h1-10,13-14,21H,11-12,15-16H2,(H2,27,30). The smallest absolute Gasteiger partial charge is 0.261 e. The van der Waals surface area contributed by atoms with Gasteiger partial charge in [-0.25, -0.2) is 0 Å². The molecule has 3 aromatic carbocycles. The quantitative estimate of drug-likeness (QED) is 0.559. The molecule has 0 heterocycles. The lowest BCUT2D eigenvalue weighted by Crippen LogP contribution is -2.36. The lowest BCUT2D eigenvalue weighted by molar-refractivity contribution is -0.134. The van der Waals surface area contributed by atoms with E-state index in [-0.39, 0.29) is 18.6 Å². The highest BCUT2D eigenvalue weighted by atomic mass is 35.5. The molecular formula is C25H23ClN2O3. The van der Waals surface area contributed by atoms with E-state index < -0.39 is 5.91 Å². The van der Waals surface area contributed by atoms with Crippen molar-refractivity contribution in [3.05, 3.63) is 88.9 Å². The van der Waals surface area contributed by atoms with Crippen molar-refractivity contribution in [2.24, 2.45) is 5.73 Å². The van der Waals surface area contributed by atoms with Gasteiger partial charge in [0.1, 0.15) is 5.75 Å². The number of carbonyl (C=O) groups is 2. The maximum atomic E-state index is 12.9. The molecule has 1 fully saturated rings. The van der Waals surface area contributed by atoms with E-state index in [1.807, 2.05) is 59.5 Å². The minimum atomic E-state index is -0.467. The molecule has 31 heavy (non-hydrogen) atoms. The van der Waals surface area contributed by atoms with Crippen molar-refractivity contribution in [2.75, 3.05) is 6.61 Å². The van der Waals surface area contributed by atoms with Crippen LogP contribution in [0.15, 0.2) is 72.8 Å². The third-order valence-corrected chi connectivity index (χ3v) is 5.58. The normalized spacial score (nSPS) is 12.9. The topological polar surface area (TPSA) is 72.6 Å². The van der Waals surface area contributed by atoms with E-state index in [0.717, 1.165) is 29.5 Å². The van der Waals surface area contributed by atoms with Crippen LogP contribution >= 0.6 is 11.6 Å². The number of amides is 2. The Morgan fingerprint density at radius 2 is 1.68 bits per heavy atom. The summed E-state index contributed by atoms with van der Waals surface area (Å²) in [5, 5.41) is 0.467. The van der Waals surface area contributed by atoms with Gasteiger partial charge in [0, 0.05) is 18.2 Å². The first kappa shape index (κ1) is 20.9. The van der Waals surface area contributed by atoms with Crippen molar-refractivity contribution >= 4 is 23.4 Å². The summed E-state index contributed by atoms with van der Waals surface area (Å²) in [6, 6.07) is 22.7. The monoisotopic (exact) mass is 434 g/mol. The van der Waals surface area contributed by atoms with Crippen molar-refractivity contribution in [1.82, 2.24) is 4.90 Å². The summed E-state index contributed by atoms with van der Waals surface area (Å²) in [6.45, 7) is 0.382. The molecule has 0 saturated heterocycles. The highest BCUT2D eigenvalue weighted by molar-refractivity contribution is 6.32. The van der Waals surface area contributed by atoms with Crippen LogP contribution in [0.2, 0.25) is 5.02 Å². The molecule has 0 spiro atoms. The maximum Gasteiger partial charge on any atom is 0.261 e. The molecule has 0 radical (unpaired) electrons. The first-order valence-electron chi connectivity index (χ1n) is 10.2. The summed E-state index contributed by atoms with van der Waals surface area (Å²) < 4.78 is 5.75. The zero-order valence-electron chi connectivity index (χ0n) is 17.0. The molecule has 0 unspecified atom stereocenters. The predicted molar refractivity (Wildman–Crippen MR) is 121 cm³/mol. The highest BCUT2D eigenvalue weighted by Gasteiger charge is 2.32. The van der Waals surface area contributed by atoms with Gasteiger partial charge in [0.15, 0.2) is 6.61 Å². The first-order valence-corrected chi connectivity index (χ1v) is 10.5. The SMILES string of the molecule is NC(=O)c1ccc(CN(C(=O)COc2ccc(-c3ccccc3)cc2Cl)C2CC2)cc1. The van der Waals surface area contributed by atoms with Crippen LogP contribution in [0, 0.1) is 0 Å². The zero-order valence-corrected chi connectivity index (χ0v) is 17.7. The lowest BCUT2D eigenvalue weighted by atomic mass is 10.1. The fraction of sp³-hybridized carbons (Fsp3) is 0.200. The van der Waals surface area contributed by atoms with Crippen LogP contribution < -0.4 is 10.5 Å². The summed E-state index contributed by atoms with van der Waals surface area (Å²) in [6.07, 6.45) is 1.97. The van der Waals surface area contributed by atoms with Gasteiger partial charge in [-0.05, 0) is 53.8 Å². The Labute approximate surface area is 186 Å². The van der Waals surface area contributed by atoms with E-state index in [2.05, 4.69) is 0 Å². The van der Waals surface area contributed by atoms with Gasteiger partial charge in [0.05, 0.1) is 5.02 Å². The van der Waals surface area contributed by atoms with E-state index in [9.17, 15) is 9.59 Å². The van der Waals surface area contributed by atoms with E-state index in [0.29, 0.717) is 22.9 Å². The fourth-order valence-electron chi connectivity index (χ4n) is 3.43. The molecule has 1 saturated carbocycles. The molecule has 0 bridgehead atoms. The highest BCUT2D eigenvalue weighted by Crippen LogP contribution is 2.31. The number of ether oxygens (including phenoxy) is 1. The van der Waals surface area contributed by atoms with Crippen LogP contribution in [-0.2, 0) is 11.3 Å². The summed E-state index contributed by atoms with van der Waals surface area (Å²) in [5.74, 6) is -0.0776. The van der Waals surface area contributed by atoms with E-state index in [1.165, 1.54) is 0 Å². The van der Waals surface area contributed by atoms with Gasteiger partial charge in [-0.1, -0.05) is 60.1 Å². The Morgan fingerprint density at radius 3 is 2.29 bits per heavy atom. The number of hydrogen-bond donors (Lipinski definition) is 1. The summed E-state index contributed by atoms with van der Waals surface area (Å²) >= 11 is 6.40. The number of hydrogen-bond acceptors (Lipinski definition) is 3. The summed E-state index contributed by atoms with van der Waals surface area (Å²) in [7, 11) is 0. The fourth-order valence-corrected chi connectivity index (χ4v) is 3.66. The average molecular weight is 435 g/mol. The molecular weight excluding hydrogens is 412 g/mol. The second-order valence-electron chi connectivity index (χ2n) is 7.61. The Hall–Kier alpha value is -3.31. The van der Waals surface area contributed by atoms with Crippen molar-refractivity contribution in [1.29, 1.82) is 0 Å². The largest absolute Gasteiger partial charge is 0.482 e. The number of carbonyl (C=O) groups excluding carboxylic acids is 2. The first-order chi connectivity index (χ1) is 15.0. The summed E-state index contributed by atoms with van der Waals surface area (Å²) in [4.78, 5) is 25.9. The molecule has 5 nitrogen and oxygen atoms in total. The number of rotatable bonds is 8. The molecule has 0 atom stereocenters. The van der Waals surface area contributed by atoms with Gasteiger partial charge in [-0.15, -0.1) is 0 Å². The van der Waals surface area contributed by atoms with Crippen molar-refractivity contribution in [2.45, 2.75) is 25.4 Å². The van der Waals surface area contributed by atoms with E-state index in [4.69, 9.17) is 22.1 Å². The van der Waals surface area contributed by atoms with Crippen LogP contribution in [0.25, 0.3) is 11.1 Å². The number of primary amides is 1. The lowest BCUT2D eigenvalue weighted by Gasteiger charge is -2.23. The molecule has 0 aliphatic heterocycles. The van der Waals surface area contributed by atoms with Crippen LogP contribution in [0.5, 0.6) is 5.75 Å². The van der Waals surface area contributed by atoms with E-state index >= 15 is 0 Å². The van der Waals surface area contributed by atoms with Crippen molar-refractivity contribution in [3.63, 3.8) is 0 Å². The second-order valence-corrected chi connectivity index (χ2v) is 8.02. The van der Waals surface area contributed by atoms with Gasteiger partial charge in [0.2, 0.25) is 5.91 Å². The molecule has 4 rings (SSSR count). The Bertz CT molecular complexity index is 1080. The van der Waals surface area contributed by atoms with Gasteiger partial charge in [-0.3, -0.25) is 9.59 Å². The maximum absolute atomic E-state index is 12.9. The third-order valence-electron chi connectivity index (χ3n) is 5.29. The molecule has 1 aliphatic rings. The predicted octanol–water partition coefficient (Wildman–Crippen LogP) is 4.68. The number of halogens is 1. The van der Waals surface area contributed by atoms with Gasteiger partial charge in [-0.2, -0.15) is 0 Å². The molecule has 6 heteroatoms. The Balaban J connectivity index is 1.40. The Kier molecular flexibility index (Phi) is 6.23. The van der Waals surface area contributed by atoms with Crippen molar-refractivity contribution in [3.8, 4) is 16.9 Å². The molecule has 3 aromatic rings. The van der Waals surface area contributed by atoms with Crippen LogP contribution in [0.4, 0.5) is 0 Å². The third kappa shape index (κ3) is 5.25. The van der Waals surface area contributed by atoms with Gasteiger partial charge in [0.25, 0.3) is 5.91 Å². The number of nitrogens with zero attached hydrogens (tertiary/aromatic N) is 1. The zero-order chi connectivity index (χ0) is 21.8. The van der Waals surface area contributed by atoms with E-state index in [1.54, 1.807) is 18.2 Å².